The molecule has 1 fully saturated rings. The van der Waals surface area contributed by atoms with Crippen molar-refractivity contribution >= 4 is 11.8 Å². The summed E-state index contributed by atoms with van der Waals surface area (Å²) in [5.74, 6) is -0.171. The van der Waals surface area contributed by atoms with E-state index in [2.05, 4.69) is 10.4 Å². The van der Waals surface area contributed by atoms with Crippen molar-refractivity contribution in [2.24, 2.45) is 13.0 Å². The molecule has 0 aliphatic carbocycles. The molecule has 18 heavy (non-hydrogen) atoms. The van der Waals surface area contributed by atoms with Gasteiger partial charge >= 0.3 is 0 Å². The molecule has 1 saturated heterocycles. The van der Waals surface area contributed by atoms with Crippen LogP contribution in [0.1, 0.15) is 24.6 Å². The Morgan fingerprint density at radius 3 is 2.78 bits per heavy atom. The topological polar surface area (TPSA) is 67.2 Å². The maximum Gasteiger partial charge on any atom is 0.225 e. The fourth-order valence-electron chi connectivity index (χ4n) is 2.58. The number of carbonyl (C=O) groups excluding carboxylic acids is 2. The zero-order valence-electron chi connectivity index (χ0n) is 10.9. The van der Waals surface area contributed by atoms with E-state index in [0.717, 1.165) is 5.69 Å². The molecule has 1 N–H and O–H groups in total. The summed E-state index contributed by atoms with van der Waals surface area (Å²) in [6, 6.07) is 1.62. The molecule has 2 heterocycles. The van der Waals surface area contributed by atoms with E-state index >= 15 is 0 Å². The van der Waals surface area contributed by atoms with Crippen molar-refractivity contribution in [1.82, 2.24) is 20.0 Å². The van der Waals surface area contributed by atoms with Gasteiger partial charge in [0.1, 0.15) is 0 Å². The SMILES string of the molecule is CNC(=O)[C@H]1CCC(=O)N(C)[C@@H]1c1ccnn1C. The lowest BCUT2D eigenvalue weighted by Gasteiger charge is -2.37. The third kappa shape index (κ3) is 1.98. The summed E-state index contributed by atoms with van der Waals surface area (Å²) >= 11 is 0. The largest absolute Gasteiger partial charge is 0.359 e. The van der Waals surface area contributed by atoms with Crippen LogP contribution < -0.4 is 5.32 Å². The van der Waals surface area contributed by atoms with Crippen molar-refractivity contribution in [1.29, 1.82) is 0 Å². The molecule has 1 aromatic rings. The lowest BCUT2D eigenvalue weighted by molar-refractivity contribution is -0.141. The highest BCUT2D eigenvalue weighted by Gasteiger charge is 2.39. The first kappa shape index (κ1) is 12.6. The number of nitrogens with one attached hydrogen (secondary N) is 1. The quantitative estimate of drug-likeness (QED) is 0.808. The van der Waals surface area contributed by atoms with Crippen LogP contribution in [0.25, 0.3) is 0 Å². The molecule has 0 spiro atoms. The molecule has 0 bridgehead atoms. The van der Waals surface area contributed by atoms with Crippen LogP contribution in [0.4, 0.5) is 0 Å². The molecule has 0 radical (unpaired) electrons. The Bertz CT molecular complexity index is 468. The van der Waals surface area contributed by atoms with Gasteiger partial charge < -0.3 is 10.2 Å². The summed E-state index contributed by atoms with van der Waals surface area (Å²) in [6.45, 7) is 0. The van der Waals surface area contributed by atoms with E-state index in [0.29, 0.717) is 12.8 Å². The van der Waals surface area contributed by atoms with E-state index in [4.69, 9.17) is 0 Å². The number of hydrogen-bond acceptors (Lipinski definition) is 3. The lowest BCUT2D eigenvalue weighted by atomic mass is 9.86. The summed E-state index contributed by atoms with van der Waals surface area (Å²) in [5, 5.41) is 6.79. The molecule has 1 aliphatic heterocycles. The summed E-state index contributed by atoms with van der Waals surface area (Å²) in [4.78, 5) is 25.4. The second-order valence-electron chi connectivity index (χ2n) is 4.59. The first-order valence-electron chi connectivity index (χ1n) is 6.01. The predicted octanol–water partition coefficient (Wildman–Crippen LogP) is 0.0756. The van der Waals surface area contributed by atoms with Gasteiger partial charge in [0.2, 0.25) is 11.8 Å². The van der Waals surface area contributed by atoms with Crippen molar-refractivity contribution in [3.63, 3.8) is 0 Å². The third-order valence-electron chi connectivity index (χ3n) is 3.61. The van der Waals surface area contributed by atoms with Crippen molar-refractivity contribution in [2.75, 3.05) is 14.1 Å². The highest BCUT2D eigenvalue weighted by molar-refractivity contribution is 5.84. The molecule has 1 aliphatic rings. The van der Waals surface area contributed by atoms with Gasteiger partial charge in [0, 0.05) is 33.8 Å². The van der Waals surface area contributed by atoms with Crippen LogP contribution in [0, 0.1) is 5.92 Å². The number of aryl methyl sites for hydroxylation is 1. The maximum atomic E-state index is 12.0. The second-order valence-corrected chi connectivity index (χ2v) is 4.59. The summed E-state index contributed by atoms with van der Waals surface area (Å²) in [7, 11) is 5.19. The Morgan fingerprint density at radius 1 is 1.50 bits per heavy atom. The Labute approximate surface area is 106 Å². The molecule has 2 amide bonds. The van der Waals surface area contributed by atoms with Gasteiger partial charge in [-0.25, -0.2) is 0 Å². The molecule has 0 saturated carbocycles. The van der Waals surface area contributed by atoms with Crippen LogP contribution in [-0.4, -0.2) is 40.6 Å². The van der Waals surface area contributed by atoms with Crippen LogP contribution in [-0.2, 0) is 16.6 Å². The van der Waals surface area contributed by atoms with Gasteiger partial charge in [0.25, 0.3) is 0 Å². The number of amides is 2. The van der Waals surface area contributed by atoms with Gasteiger partial charge in [-0.15, -0.1) is 0 Å². The van der Waals surface area contributed by atoms with Gasteiger partial charge in [0.15, 0.2) is 0 Å². The molecule has 1 aromatic heterocycles. The van der Waals surface area contributed by atoms with Crippen LogP contribution in [0.2, 0.25) is 0 Å². The molecular formula is C12H18N4O2. The molecule has 2 rings (SSSR count). The molecule has 98 valence electrons. The van der Waals surface area contributed by atoms with E-state index in [1.165, 1.54) is 0 Å². The molecule has 6 heteroatoms. The van der Waals surface area contributed by atoms with Crippen LogP contribution in [0.15, 0.2) is 12.3 Å². The summed E-state index contributed by atoms with van der Waals surface area (Å²) in [6.07, 6.45) is 2.69. The average molecular weight is 250 g/mol. The fourth-order valence-corrected chi connectivity index (χ4v) is 2.58. The number of hydrogen-bond donors (Lipinski definition) is 1. The number of nitrogens with zero attached hydrogens (tertiary/aromatic N) is 3. The van der Waals surface area contributed by atoms with E-state index < -0.39 is 0 Å². The minimum Gasteiger partial charge on any atom is -0.359 e. The van der Waals surface area contributed by atoms with Crippen molar-refractivity contribution in [3.8, 4) is 0 Å². The first-order valence-corrected chi connectivity index (χ1v) is 6.01. The maximum absolute atomic E-state index is 12.0. The summed E-state index contributed by atoms with van der Waals surface area (Å²) in [5.41, 5.74) is 0.888. The minimum atomic E-state index is -0.237. The monoisotopic (exact) mass is 250 g/mol. The van der Waals surface area contributed by atoms with Crippen LogP contribution in [0.5, 0.6) is 0 Å². The molecule has 0 unspecified atom stereocenters. The van der Waals surface area contributed by atoms with Crippen molar-refractivity contribution in [3.05, 3.63) is 18.0 Å². The van der Waals surface area contributed by atoms with E-state index in [9.17, 15) is 9.59 Å². The lowest BCUT2D eigenvalue weighted by Crippen LogP contribution is -2.46. The molecule has 6 nitrogen and oxygen atoms in total. The van der Waals surface area contributed by atoms with E-state index in [1.54, 1.807) is 29.9 Å². The standard InChI is InChI=1S/C12H18N4O2/c1-13-12(18)8-4-5-10(17)15(2)11(8)9-6-7-14-16(9)3/h6-8,11H,4-5H2,1-3H3,(H,13,18)/t8-,11-/m0/s1. The number of piperidine rings is 1. The van der Waals surface area contributed by atoms with Gasteiger partial charge in [-0.2, -0.15) is 5.10 Å². The van der Waals surface area contributed by atoms with Crippen molar-refractivity contribution < 1.29 is 9.59 Å². The number of carbonyl (C=O) groups is 2. The molecular weight excluding hydrogens is 232 g/mol. The smallest absolute Gasteiger partial charge is 0.225 e. The Morgan fingerprint density at radius 2 is 2.22 bits per heavy atom. The van der Waals surface area contributed by atoms with Gasteiger partial charge in [-0.05, 0) is 12.5 Å². The zero-order valence-corrected chi connectivity index (χ0v) is 10.9. The Hall–Kier alpha value is -1.85. The van der Waals surface area contributed by atoms with E-state index in [1.807, 2.05) is 13.1 Å². The van der Waals surface area contributed by atoms with E-state index in [-0.39, 0.29) is 23.8 Å². The second kappa shape index (κ2) is 4.80. The average Bonchev–Trinajstić information content (AvgIpc) is 2.77. The van der Waals surface area contributed by atoms with Crippen molar-refractivity contribution in [2.45, 2.75) is 18.9 Å². The Balaban J connectivity index is 2.38. The zero-order chi connectivity index (χ0) is 13.3. The van der Waals surface area contributed by atoms with Gasteiger partial charge in [-0.1, -0.05) is 0 Å². The molecule has 2 atom stereocenters. The summed E-state index contributed by atoms with van der Waals surface area (Å²) < 4.78 is 1.72. The number of rotatable bonds is 2. The highest BCUT2D eigenvalue weighted by Crippen LogP contribution is 2.35. The minimum absolute atomic E-state index is 0.0273. The normalized spacial score (nSPS) is 24.2. The fraction of sp³-hybridized carbons (Fsp3) is 0.583. The van der Waals surface area contributed by atoms with Gasteiger partial charge in [0.05, 0.1) is 17.7 Å². The van der Waals surface area contributed by atoms with Crippen LogP contribution >= 0.6 is 0 Å². The third-order valence-corrected chi connectivity index (χ3v) is 3.61. The van der Waals surface area contributed by atoms with Gasteiger partial charge in [-0.3, -0.25) is 14.3 Å². The first-order chi connectivity index (χ1) is 8.56. The predicted molar refractivity (Wildman–Crippen MR) is 65.5 cm³/mol. The number of likely N-dealkylation sites (tertiary alicyclic amines) is 1. The highest BCUT2D eigenvalue weighted by atomic mass is 16.2. The Kier molecular flexibility index (Phi) is 3.36. The molecule has 0 aromatic carbocycles. The van der Waals surface area contributed by atoms with Crippen LogP contribution in [0.3, 0.4) is 0 Å². The number of aromatic nitrogens is 2.